The van der Waals surface area contributed by atoms with E-state index in [-0.39, 0.29) is 22.7 Å². The number of para-hydroxylation sites is 1. The maximum Gasteiger partial charge on any atom is 0.414 e. The molecule has 0 fully saturated rings. The molecule has 1 unspecified atom stereocenters. The summed E-state index contributed by atoms with van der Waals surface area (Å²) in [5.41, 5.74) is 2.01. The van der Waals surface area contributed by atoms with Gasteiger partial charge in [-0.2, -0.15) is 0 Å². The first-order chi connectivity index (χ1) is 12.5. The van der Waals surface area contributed by atoms with E-state index in [1.807, 2.05) is 18.2 Å². The Hall–Kier alpha value is -3.09. The number of nitro groups is 1. The van der Waals surface area contributed by atoms with Crippen molar-refractivity contribution in [2.45, 2.75) is 25.3 Å². The number of ether oxygens (including phenoxy) is 1. The lowest BCUT2D eigenvalue weighted by Gasteiger charge is -2.28. The van der Waals surface area contributed by atoms with Crippen molar-refractivity contribution in [2.24, 2.45) is 0 Å². The molecule has 1 N–H and O–H groups in total. The highest BCUT2D eigenvalue weighted by Crippen LogP contribution is 2.29. The molecule has 7 heteroatoms. The molecule has 7 nitrogen and oxygen atoms in total. The number of benzene rings is 2. The summed E-state index contributed by atoms with van der Waals surface area (Å²) in [7, 11) is 1.71. The lowest BCUT2D eigenvalue weighted by Crippen LogP contribution is -2.35. The molecule has 2 aromatic rings. The number of nitrogens with zero attached hydrogens (tertiary/aromatic N) is 2. The van der Waals surface area contributed by atoms with Crippen LogP contribution in [0.3, 0.4) is 0 Å². The Bertz CT molecular complexity index is 795. The molecule has 1 aliphatic rings. The van der Waals surface area contributed by atoms with Gasteiger partial charge in [0.15, 0.2) is 0 Å². The fourth-order valence-electron chi connectivity index (χ4n) is 2.99. The number of carbonyl (C=O) groups excluding carboxylic acids is 1. The molecule has 3 rings (SSSR count). The highest BCUT2D eigenvalue weighted by Gasteiger charge is 2.21. The van der Waals surface area contributed by atoms with Crippen molar-refractivity contribution in [3.05, 3.63) is 64.2 Å². The molecule has 1 atom stereocenters. The third-order valence-corrected chi connectivity index (χ3v) is 4.49. The minimum atomic E-state index is -0.386. The number of amides is 1. The molecular formula is C19H21N3O4. The monoisotopic (exact) mass is 355 g/mol. The Morgan fingerprint density at radius 2 is 2.08 bits per heavy atom. The number of anilines is 1. The molecule has 2 aromatic carbocycles. The van der Waals surface area contributed by atoms with Crippen molar-refractivity contribution in [1.29, 1.82) is 0 Å². The van der Waals surface area contributed by atoms with Gasteiger partial charge in [-0.15, -0.1) is 0 Å². The summed E-state index contributed by atoms with van der Waals surface area (Å²) in [5.74, 6) is 0.524. The van der Waals surface area contributed by atoms with Gasteiger partial charge in [0.1, 0.15) is 5.75 Å². The maximum absolute atomic E-state index is 12.1. The van der Waals surface area contributed by atoms with E-state index >= 15 is 0 Å². The largest absolute Gasteiger partial charge is 0.414 e. The first-order valence-electron chi connectivity index (χ1n) is 8.55. The Kier molecular flexibility index (Phi) is 5.36. The van der Waals surface area contributed by atoms with Crippen LogP contribution >= 0.6 is 0 Å². The van der Waals surface area contributed by atoms with E-state index in [0.29, 0.717) is 12.3 Å². The second-order valence-electron chi connectivity index (χ2n) is 6.37. The lowest BCUT2D eigenvalue weighted by molar-refractivity contribution is -0.384. The first-order valence-corrected chi connectivity index (χ1v) is 8.55. The summed E-state index contributed by atoms with van der Waals surface area (Å²) >= 11 is 0. The molecule has 0 saturated heterocycles. The number of aryl methyl sites for hydroxylation is 1. The van der Waals surface area contributed by atoms with Gasteiger partial charge in [-0.1, -0.05) is 18.2 Å². The molecular weight excluding hydrogens is 334 g/mol. The predicted molar refractivity (Wildman–Crippen MR) is 98.5 cm³/mol. The summed E-state index contributed by atoms with van der Waals surface area (Å²) in [5, 5.41) is 14.3. The Balaban J connectivity index is 1.51. The molecule has 1 aliphatic heterocycles. The van der Waals surface area contributed by atoms with Crippen molar-refractivity contribution < 1.29 is 14.5 Å². The van der Waals surface area contributed by atoms with Gasteiger partial charge in [-0.05, 0) is 43.0 Å². The van der Waals surface area contributed by atoms with Gasteiger partial charge < -0.3 is 15.0 Å². The zero-order valence-corrected chi connectivity index (χ0v) is 14.6. The van der Waals surface area contributed by atoms with Crippen LogP contribution in [0.25, 0.3) is 0 Å². The van der Waals surface area contributed by atoms with Gasteiger partial charge in [0, 0.05) is 37.5 Å². The normalized spacial score (nSPS) is 15.5. The number of fused-ring (bicyclic) bond motifs is 1. The van der Waals surface area contributed by atoms with Crippen molar-refractivity contribution in [3.8, 4) is 5.75 Å². The number of hydrogen-bond acceptors (Lipinski definition) is 5. The minimum Gasteiger partial charge on any atom is -0.410 e. The first kappa shape index (κ1) is 17.7. The maximum atomic E-state index is 12.1. The third kappa shape index (κ3) is 4.30. The summed E-state index contributed by atoms with van der Waals surface area (Å²) in [4.78, 5) is 24.1. The summed E-state index contributed by atoms with van der Waals surface area (Å²) in [6, 6.07) is 14.1. The molecule has 26 heavy (non-hydrogen) atoms. The Labute approximate surface area is 151 Å². The van der Waals surface area contributed by atoms with Crippen LogP contribution in [0.4, 0.5) is 16.2 Å². The quantitative estimate of drug-likeness (QED) is 0.650. The molecule has 0 bridgehead atoms. The van der Waals surface area contributed by atoms with Crippen LogP contribution in [0, 0.1) is 10.1 Å². The van der Waals surface area contributed by atoms with Crippen LogP contribution in [0.1, 0.15) is 18.4 Å². The van der Waals surface area contributed by atoms with Crippen LogP contribution in [-0.4, -0.2) is 35.6 Å². The zero-order valence-electron chi connectivity index (χ0n) is 14.6. The average molecular weight is 355 g/mol. The highest BCUT2D eigenvalue weighted by atomic mass is 16.6. The van der Waals surface area contributed by atoms with Crippen LogP contribution < -0.4 is 10.1 Å². The van der Waals surface area contributed by atoms with Gasteiger partial charge in [-0.3, -0.25) is 10.1 Å². The van der Waals surface area contributed by atoms with E-state index in [2.05, 4.69) is 5.32 Å². The molecule has 0 saturated carbocycles. The van der Waals surface area contributed by atoms with Crippen LogP contribution in [-0.2, 0) is 6.42 Å². The number of nitrogens with one attached hydrogen (secondary N) is 1. The smallest absolute Gasteiger partial charge is 0.410 e. The van der Waals surface area contributed by atoms with Gasteiger partial charge in [-0.25, -0.2) is 4.79 Å². The molecule has 0 radical (unpaired) electrons. The van der Waals surface area contributed by atoms with Crippen molar-refractivity contribution in [1.82, 2.24) is 4.90 Å². The molecule has 136 valence electrons. The summed E-state index contributed by atoms with van der Waals surface area (Å²) in [6.07, 6.45) is 2.04. The van der Waals surface area contributed by atoms with Crippen molar-refractivity contribution >= 4 is 17.5 Å². The summed E-state index contributed by atoms with van der Waals surface area (Å²) in [6.45, 7) is 0.561. The molecule has 1 amide bonds. The number of nitro benzene ring substituents is 1. The molecule has 0 spiro atoms. The van der Waals surface area contributed by atoms with E-state index < -0.39 is 0 Å². The molecule has 0 aliphatic carbocycles. The van der Waals surface area contributed by atoms with Gasteiger partial charge in [0.25, 0.3) is 5.69 Å². The predicted octanol–water partition coefficient (Wildman–Crippen LogP) is 3.84. The number of hydrogen-bond donors (Lipinski definition) is 1. The second kappa shape index (κ2) is 7.86. The summed E-state index contributed by atoms with van der Waals surface area (Å²) < 4.78 is 5.31. The Morgan fingerprint density at radius 1 is 1.31 bits per heavy atom. The number of rotatable bonds is 5. The SMILES string of the molecule is CN(CCC1CCc2cc([N+](=O)[O-])ccc2N1)C(=O)Oc1ccccc1. The fourth-order valence-corrected chi connectivity index (χ4v) is 2.99. The lowest BCUT2D eigenvalue weighted by atomic mass is 9.96. The van der Waals surface area contributed by atoms with Crippen molar-refractivity contribution in [2.75, 3.05) is 18.9 Å². The Morgan fingerprint density at radius 3 is 2.81 bits per heavy atom. The zero-order chi connectivity index (χ0) is 18.5. The van der Waals surface area contributed by atoms with E-state index in [1.54, 1.807) is 36.2 Å². The van der Waals surface area contributed by atoms with Gasteiger partial charge in [0.2, 0.25) is 0 Å². The third-order valence-electron chi connectivity index (χ3n) is 4.49. The van der Waals surface area contributed by atoms with E-state index in [9.17, 15) is 14.9 Å². The molecule has 1 heterocycles. The minimum absolute atomic E-state index is 0.118. The van der Waals surface area contributed by atoms with Crippen molar-refractivity contribution in [3.63, 3.8) is 0 Å². The topological polar surface area (TPSA) is 84.7 Å². The second-order valence-corrected chi connectivity index (χ2v) is 6.37. The van der Waals surface area contributed by atoms with E-state index in [4.69, 9.17) is 4.74 Å². The average Bonchev–Trinajstić information content (AvgIpc) is 2.66. The fraction of sp³-hybridized carbons (Fsp3) is 0.316. The number of carbonyl (C=O) groups is 1. The van der Waals surface area contributed by atoms with Gasteiger partial charge >= 0.3 is 6.09 Å². The van der Waals surface area contributed by atoms with Crippen LogP contribution in [0.2, 0.25) is 0 Å². The highest BCUT2D eigenvalue weighted by molar-refractivity contribution is 5.70. The van der Waals surface area contributed by atoms with Crippen LogP contribution in [0.5, 0.6) is 5.75 Å². The van der Waals surface area contributed by atoms with E-state index in [1.165, 1.54) is 6.07 Å². The molecule has 0 aromatic heterocycles. The van der Waals surface area contributed by atoms with Gasteiger partial charge in [0.05, 0.1) is 4.92 Å². The number of non-ortho nitro benzene ring substituents is 1. The standard InChI is InChI=1S/C19H21N3O4/c1-21(19(23)26-17-5-3-2-4-6-17)12-11-15-8-7-14-13-16(22(24)25)9-10-18(14)20-15/h2-6,9-10,13,15,20H,7-8,11-12H2,1H3. The van der Waals surface area contributed by atoms with E-state index in [0.717, 1.165) is 30.5 Å². The van der Waals surface area contributed by atoms with Crippen LogP contribution in [0.15, 0.2) is 48.5 Å².